The lowest BCUT2D eigenvalue weighted by molar-refractivity contribution is -0.131. The number of fused-ring (bicyclic) bond motifs is 1. The van der Waals surface area contributed by atoms with E-state index in [1.165, 1.54) is 6.07 Å². The van der Waals surface area contributed by atoms with Gasteiger partial charge in [-0.1, -0.05) is 41.9 Å². The fraction of sp³-hybridized carbons (Fsp3) is 0.190. The third-order valence-corrected chi connectivity index (χ3v) is 5.47. The molecule has 2 heterocycles. The van der Waals surface area contributed by atoms with E-state index in [4.69, 9.17) is 16.0 Å². The predicted molar refractivity (Wildman–Crippen MR) is 105 cm³/mol. The van der Waals surface area contributed by atoms with Crippen LogP contribution in [0.2, 0.25) is 5.02 Å². The van der Waals surface area contributed by atoms with E-state index < -0.39 is 17.2 Å². The Kier molecular flexibility index (Phi) is 4.23. The maximum atomic E-state index is 13.1. The molecule has 28 heavy (non-hydrogen) atoms. The second-order valence-corrected chi connectivity index (χ2v) is 7.41. The van der Waals surface area contributed by atoms with Crippen LogP contribution < -0.4 is 10.9 Å². The van der Waals surface area contributed by atoms with Gasteiger partial charge in [0.05, 0.1) is 6.54 Å². The van der Waals surface area contributed by atoms with Gasteiger partial charge in [0.2, 0.25) is 0 Å². The van der Waals surface area contributed by atoms with E-state index >= 15 is 0 Å². The van der Waals surface area contributed by atoms with Gasteiger partial charge in [-0.15, -0.1) is 0 Å². The van der Waals surface area contributed by atoms with Gasteiger partial charge in [-0.2, -0.15) is 0 Å². The number of amides is 3. The molecule has 0 spiro atoms. The molecule has 2 aromatic carbocycles. The maximum absolute atomic E-state index is 13.1. The highest BCUT2D eigenvalue weighted by molar-refractivity contribution is 6.32. The number of benzene rings is 2. The first kappa shape index (κ1) is 18.3. The van der Waals surface area contributed by atoms with Crippen LogP contribution >= 0.6 is 11.6 Å². The highest BCUT2D eigenvalue weighted by atomic mass is 35.5. The standard InChI is InChI=1S/C21H17ClN2O4/c1-12-8-17-15(10-16(12)22)13(9-18(25)28-17)11-24-19(26)21(2,23-20(24)27)14-6-4-3-5-7-14/h3-10H,11H2,1-2H3,(H,23,27). The summed E-state index contributed by atoms with van der Waals surface area (Å²) in [6.07, 6.45) is 0. The molecule has 0 saturated carbocycles. The van der Waals surface area contributed by atoms with Crippen molar-refractivity contribution in [3.63, 3.8) is 0 Å². The summed E-state index contributed by atoms with van der Waals surface area (Å²) in [5.74, 6) is -0.386. The van der Waals surface area contributed by atoms with Gasteiger partial charge < -0.3 is 9.73 Å². The van der Waals surface area contributed by atoms with Crippen molar-refractivity contribution < 1.29 is 14.0 Å². The normalized spacial score (nSPS) is 19.3. The third-order valence-electron chi connectivity index (χ3n) is 5.06. The molecular formula is C21H17ClN2O4. The summed E-state index contributed by atoms with van der Waals surface area (Å²) < 4.78 is 5.25. The summed E-state index contributed by atoms with van der Waals surface area (Å²) in [7, 11) is 0. The molecule has 3 aromatic rings. The molecule has 7 heteroatoms. The third kappa shape index (κ3) is 2.86. The zero-order valence-electron chi connectivity index (χ0n) is 15.3. The Balaban J connectivity index is 1.76. The van der Waals surface area contributed by atoms with Crippen molar-refractivity contribution in [3.05, 3.63) is 80.7 Å². The lowest BCUT2D eigenvalue weighted by Crippen LogP contribution is -2.40. The number of imide groups is 1. The Labute approximate surface area is 165 Å². The lowest BCUT2D eigenvalue weighted by atomic mass is 9.92. The minimum atomic E-state index is -1.16. The number of urea groups is 1. The molecule has 1 aromatic heterocycles. The molecule has 1 atom stereocenters. The molecule has 0 bridgehead atoms. The van der Waals surface area contributed by atoms with E-state index in [0.29, 0.717) is 27.1 Å². The largest absolute Gasteiger partial charge is 0.423 e. The first-order valence-corrected chi connectivity index (χ1v) is 9.10. The van der Waals surface area contributed by atoms with Gasteiger partial charge in [-0.05, 0) is 42.7 Å². The van der Waals surface area contributed by atoms with Gasteiger partial charge in [-0.25, -0.2) is 9.59 Å². The van der Waals surface area contributed by atoms with Crippen LogP contribution in [0.5, 0.6) is 0 Å². The van der Waals surface area contributed by atoms with Crippen molar-refractivity contribution >= 4 is 34.5 Å². The zero-order valence-corrected chi connectivity index (χ0v) is 16.0. The Morgan fingerprint density at radius 2 is 1.82 bits per heavy atom. The molecule has 1 N–H and O–H groups in total. The van der Waals surface area contributed by atoms with Crippen LogP contribution in [0.3, 0.4) is 0 Å². The number of carbonyl (C=O) groups excluding carboxylic acids is 2. The number of hydrogen-bond acceptors (Lipinski definition) is 4. The van der Waals surface area contributed by atoms with Crippen molar-refractivity contribution in [2.24, 2.45) is 0 Å². The molecule has 4 rings (SSSR count). The molecule has 3 amide bonds. The van der Waals surface area contributed by atoms with Gasteiger partial charge in [-0.3, -0.25) is 9.69 Å². The van der Waals surface area contributed by atoms with Gasteiger partial charge in [0.1, 0.15) is 11.1 Å². The molecule has 1 aliphatic heterocycles. The average molecular weight is 397 g/mol. The van der Waals surface area contributed by atoms with Crippen molar-refractivity contribution in [2.75, 3.05) is 0 Å². The van der Waals surface area contributed by atoms with Crippen LogP contribution in [0.15, 0.2) is 57.7 Å². The van der Waals surface area contributed by atoms with Crippen molar-refractivity contribution in [3.8, 4) is 0 Å². The number of aryl methyl sites for hydroxylation is 1. The van der Waals surface area contributed by atoms with Crippen molar-refractivity contribution in [1.29, 1.82) is 0 Å². The first-order valence-electron chi connectivity index (χ1n) is 8.72. The van der Waals surface area contributed by atoms with Gasteiger partial charge in [0.25, 0.3) is 5.91 Å². The number of hydrogen-bond donors (Lipinski definition) is 1. The van der Waals surface area contributed by atoms with Gasteiger partial charge >= 0.3 is 11.7 Å². The number of nitrogens with one attached hydrogen (secondary N) is 1. The molecule has 1 aliphatic rings. The molecule has 1 unspecified atom stereocenters. The minimum Gasteiger partial charge on any atom is -0.423 e. The summed E-state index contributed by atoms with van der Waals surface area (Å²) >= 11 is 6.22. The van der Waals surface area contributed by atoms with E-state index in [0.717, 1.165) is 10.5 Å². The van der Waals surface area contributed by atoms with Crippen LogP contribution in [0.1, 0.15) is 23.6 Å². The van der Waals surface area contributed by atoms with Crippen LogP contribution in [-0.2, 0) is 16.9 Å². The van der Waals surface area contributed by atoms with E-state index in [2.05, 4.69) is 5.32 Å². The molecule has 1 saturated heterocycles. The predicted octanol–water partition coefficient (Wildman–Crippen LogP) is 3.72. The van der Waals surface area contributed by atoms with Crippen LogP contribution in [0.4, 0.5) is 4.79 Å². The zero-order chi connectivity index (χ0) is 20.1. The summed E-state index contributed by atoms with van der Waals surface area (Å²) in [4.78, 5) is 38.8. The van der Waals surface area contributed by atoms with Crippen LogP contribution in [0.25, 0.3) is 11.0 Å². The number of carbonyl (C=O) groups is 2. The van der Waals surface area contributed by atoms with Crippen molar-refractivity contribution in [2.45, 2.75) is 25.9 Å². The Bertz CT molecular complexity index is 1170. The topological polar surface area (TPSA) is 79.6 Å². The molecule has 1 fully saturated rings. The second-order valence-electron chi connectivity index (χ2n) is 7.00. The summed E-state index contributed by atoms with van der Waals surface area (Å²) in [5.41, 5.74) is 0.591. The number of nitrogens with zero attached hydrogens (tertiary/aromatic N) is 1. The van der Waals surface area contributed by atoms with E-state index in [-0.39, 0.29) is 12.5 Å². The molecule has 6 nitrogen and oxygen atoms in total. The fourth-order valence-corrected chi connectivity index (χ4v) is 3.62. The van der Waals surface area contributed by atoms with Crippen LogP contribution in [0, 0.1) is 6.92 Å². The number of rotatable bonds is 3. The Hall–Kier alpha value is -3.12. The van der Waals surface area contributed by atoms with E-state index in [9.17, 15) is 14.4 Å². The fourth-order valence-electron chi connectivity index (χ4n) is 3.46. The first-order chi connectivity index (χ1) is 13.3. The molecule has 0 aliphatic carbocycles. The van der Waals surface area contributed by atoms with E-state index in [1.807, 2.05) is 18.2 Å². The SMILES string of the molecule is Cc1cc2oc(=O)cc(CN3C(=O)NC(C)(c4ccccc4)C3=O)c2cc1Cl. The Morgan fingerprint density at radius 3 is 2.54 bits per heavy atom. The quantitative estimate of drug-likeness (QED) is 0.540. The van der Waals surface area contributed by atoms with Crippen molar-refractivity contribution in [1.82, 2.24) is 10.2 Å². The summed E-state index contributed by atoms with van der Waals surface area (Å²) in [6, 6.07) is 13.2. The van der Waals surface area contributed by atoms with Crippen LogP contribution in [-0.4, -0.2) is 16.8 Å². The minimum absolute atomic E-state index is 0.0609. The van der Waals surface area contributed by atoms with Gasteiger partial charge in [0, 0.05) is 16.5 Å². The summed E-state index contributed by atoms with van der Waals surface area (Å²) in [6.45, 7) is 3.41. The monoisotopic (exact) mass is 396 g/mol. The second kappa shape index (κ2) is 6.49. The average Bonchev–Trinajstić information content (AvgIpc) is 2.88. The number of halogens is 1. The lowest BCUT2D eigenvalue weighted by Gasteiger charge is -2.22. The smallest absolute Gasteiger partial charge is 0.336 e. The summed E-state index contributed by atoms with van der Waals surface area (Å²) in [5, 5.41) is 3.86. The highest BCUT2D eigenvalue weighted by Gasteiger charge is 2.48. The van der Waals surface area contributed by atoms with E-state index in [1.54, 1.807) is 38.1 Å². The molecule has 0 radical (unpaired) electrons. The highest BCUT2D eigenvalue weighted by Crippen LogP contribution is 2.31. The van der Waals surface area contributed by atoms with Gasteiger partial charge in [0.15, 0.2) is 0 Å². The molecular weight excluding hydrogens is 380 g/mol. The Morgan fingerprint density at radius 1 is 1.11 bits per heavy atom. The molecule has 142 valence electrons. The maximum Gasteiger partial charge on any atom is 0.336 e.